The molecule has 0 bridgehead atoms. The molecule has 0 aromatic carbocycles. The largest absolute Gasteiger partial charge is 0.366 e. The first-order valence-electron chi connectivity index (χ1n) is 4.63. The zero-order chi connectivity index (χ0) is 10.2. The summed E-state index contributed by atoms with van der Waals surface area (Å²) in [6, 6.07) is -2.96. The highest BCUT2D eigenvalue weighted by Gasteiger charge is 2.50. The van der Waals surface area contributed by atoms with E-state index in [1.807, 2.05) is 0 Å². The van der Waals surface area contributed by atoms with E-state index in [1.165, 1.54) is 0 Å². The number of rotatable bonds is 1. The maximum atomic E-state index is 12.8. The minimum atomic E-state index is -2.96. The normalized spacial score (nSPS) is 31.0. The molecule has 1 N–H and O–H groups in total. The number of amides is 1. The molecule has 2 aliphatic heterocycles. The Morgan fingerprint density at radius 1 is 1.57 bits per heavy atom. The van der Waals surface area contributed by atoms with Crippen LogP contribution in [0.5, 0.6) is 0 Å². The summed E-state index contributed by atoms with van der Waals surface area (Å²) in [5.74, 6) is -0.603. The van der Waals surface area contributed by atoms with Crippen molar-refractivity contribution in [1.29, 1.82) is 0 Å². The lowest BCUT2D eigenvalue weighted by atomic mass is 10.1. The monoisotopic (exact) mass is 206 g/mol. The molecule has 4 nitrogen and oxygen atoms in total. The molecule has 0 radical (unpaired) electrons. The summed E-state index contributed by atoms with van der Waals surface area (Å²) in [5.41, 5.74) is 0. The molecular formula is C8H12F2N2O2. The molecule has 80 valence electrons. The zero-order valence-electron chi connectivity index (χ0n) is 7.63. The molecule has 2 saturated heterocycles. The van der Waals surface area contributed by atoms with Gasteiger partial charge in [0.25, 0.3) is 5.91 Å². The van der Waals surface area contributed by atoms with Gasteiger partial charge in [-0.2, -0.15) is 8.78 Å². The summed E-state index contributed by atoms with van der Waals surface area (Å²) in [7, 11) is 0. The second-order valence-electron chi connectivity index (χ2n) is 3.47. The summed E-state index contributed by atoms with van der Waals surface area (Å²) in [5, 5.41) is 2.93. The van der Waals surface area contributed by atoms with Crippen LogP contribution in [0.1, 0.15) is 6.42 Å². The molecule has 0 spiro atoms. The fraction of sp³-hybridized carbons (Fsp3) is 0.875. The van der Waals surface area contributed by atoms with Crippen LogP contribution < -0.4 is 5.32 Å². The van der Waals surface area contributed by atoms with Crippen LogP contribution in [-0.2, 0) is 9.53 Å². The molecule has 2 heterocycles. The van der Waals surface area contributed by atoms with Gasteiger partial charge >= 0.3 is 6.05 Å². The number of morpholine rings is 1. The van der Waals surface area contributed by atoms with Crippen LogP contribution in [0.25, 0.3) is 0 Å². The van der Waals surface area contributed by atoms with Crippen molar-refractivity contribution in [3.8, 4) is 0 Å². The van der Waals surface area contributed by atoms with Crippen molar-refractivity contribution in [3.63, 3.8) is 0 Å². The summed E-state index contributed by atoms with van der Waals surface area (Å²) in [4.78, 5) is 12.1. The highest BCUT2D eigenvalue weighted by atomic mass is 19.3. The van der Waals surface area contributed by atoms with E-state index in [1.54, 1.807) is 0 Å². The minimum Gasteiger partial charge on any atom is -0.366 e. The van der Waals surface area contributed by atoms with E-state index in [9.17, 15) is 13.6 Å². The van der Waals surface area contributed by atoms with Crippen LogP contribution in [0.3, 0.4) is 0 Å². The molecule has 2 rings (SSSR count). The van der Waals surface area contributed by atoms with Gasteiger partial charge in [0.1, 0.15) is 6.10 Å². The van der Waals surface area contributed by atoms with Gasteiger partial charge in [0.05, 0.1) is 6.61 Å². The van der Waals surface area contributed by atoms with Crippen LogP contribution in [-0.4, -0.2) is 49.2 Å². The Bertz CT molecular complexity index is 241. The molecule has 1 atom stereocenters. The standard InChI is InChI=1S/C8H12F2N2O2/c9-8(10)1-3-12(8)7(13)6-5-11-2-4-14-6/h6,11H,1-5H2. The molecule has 0 aliphatic carbocycles. The van der Waals surface area contributed by atoms with E-state index in [0.717, 1.165) is 0 Å². The first-order valence-corrected chi connectivity index (χ1v) is 4.63. The number of hydrogen-bond acceptors (Lipinski definition) is 3. The molecule has 6 heteroatoms. The second-order valence-corrected chi connectivity index (χ2v) is 3.47. The van der Waals surface area contributed by atoms with E-state index in [4.69, 9.17) is 4.74 Å². The van der Waals surface area contributed by atoms with Crippen LogP contribution in [0.2, 0.25) is 0 Å². The molecule has 1 unspecified atom stereocenters. The Morgan fingerprint density at radius 2 is 2.36 bits per heavy atom. The molecule has 0 aromatic heterocycles. The fourth-order valence-corrected chi connectivity index (χ4v) is 1.56. The van der Waals surface area contributed by atoms with Crippen LogP contribution in [0.15, 0.2) is 0 Å². The predicted molar refractivity (Wildman–Crippen MR) is 43.9 cm³/mol. The number of carbonyl (C=O) groups excluding carboxylic acids is 1. The minimum absolute atomic E-state index is 0.131. The molecule has 14 heavy (non-hydrogen) atoms. The molecule has 2 aliphatic rings. The van der Waals surface area contributed by atoms with Crippen molar-refractivity contribution in [1.82, 2.24) is 10.2 Å². The Morgan fingerprint density at radius 3 is 2.79 bits per heavy atom. The van der Waals surface area contributed by atoms with E-state index in [2.05, 4.69) is 5.32 Å². The van der Waals surface area contributed by atoms with Crippen LogP contribution in [0, 0.1) is 0 Å². The van der Waals surface area contributed by atoms with Crippen molar-refractivity contribution in [3.05, 3.63) is 0 Å². The van der Waals surface area contributed by atoms with Gasteiger partial charge in [-0.25, -0.2) is 0 Å². The van der Waals surface area contributed by atoms with Gasteiger partial charge in [-0.3, -0.25) is 9.69 Å². The van der Waals surface area contributed by atoms with Crippen molar-refractivity contribution < 1.29 is 18.3 Å². The third-order valence-electron chi connectivity index (χ3n) is 2.50. The zero-order valence-corrected chi connectivity index (χ0v) is 7.63. The molecular weight excluding hydrogens is 194 g/mol. The van der Waals surface area contributed by atoms with Crippen molar-refractivity contribution in [2.75, 3.05) is 26.2 Å². The Labute approximate surface area is 80.2 Å². The number of carbonyl (C=O) groups is 1. The predicted octanol–water partition coefficient (Wildman–Crippen LogP) is -0.200. The van der Waals surface area contributed by atoms with Crippen molar-refractivity contribution in [2.24, 2.45) is 0 Å². The number of likely N-dealkylation sites (tertiary alicyclic amines) is 1. The Kier molecular flexibility index (Phi) is 2.40. The Balaban J connectivity index is 1.94. The summed E-state index contributed by atoms with van der Waals surface area (Å²) < 4.78 is 30.8. The van der Waals surface area contributed by atoms with E-state index in [0.29, 0.717) is 24.6 Å². The van der Waals surface area contributed by atoms with Gasteiger partial charge in [0.2, 0.25) is 0 Å². The van der Waals surface area contributed by atoms with E-state index in [-0.39, 0.29) is 13.0 Å². The van der Waals surface area contributed by atoms with E-state index >= 15 is 0 Å². The van der Waals surface area contributed by atoms with Gasteiger partial charge in [0.15, 0.2) is 0 Å². The third-order valence-corrected chi connectivity index (χ3v) is 2.50. The van der Waals surface area contributed by atoms with Gasteiger partial charge in [-0.1, -0.05) is 0 Å². The lowest BCUT2D eigenvalue weighted by Crippen LogP contribution is -2.61. The molecule has 1 amide bonds. The average molecular weight is 206 g/mol. The quantitative estimate of drug-likeness (QED) is 0.604. The van der Waals surface area contributed by atoms with Gasteiger partial charge in [-0.05, 0) is 0 Å². The smallest absolute Gasteiger partial charge is 0.329 e. The van der Waals surface area contributed by atoms with E-state index < -0.39 is 18.1 Å². The van der Waals surface area contributed by atoms with Gasteiger partial charge in [-0.15, -0.1) is 0 Å². The summed E-state index contributed by atoms with van der Waals surface area (Å²) in [6.07, 6.45) is -0.978. The SMILES string of the molecule is O=C(C1CNCCO1)N1CCC1(F)F. The number of alkyl halides is 2. The van der Waals surface area contributed by atoms with Gasteiger partial charge < -0.3 is 10.1 Å². The first-order chi connectivity index (χ1) is 6.61. The topological polar surface area (TPSA) is 41.6 Å². The average Bonchev–Trinajstić information content (AvgIpc) is 2.18. The molecule has 0 saturated carbocycles. The molecule has 2 fully saturated rings. The lowest BCUT2D eigenvalue weighted by Gasteiger charge is -2.42. The van der Waals surface area contributed by atoms with Crippen molar-refractivity contribution >= 4 is 5.91 Å². The maximum absolute atomic E-state index is 12.8. The van der Waals surface area contributed by atoms with Gasteiger partial charge in [0, 0.05) is 26.1 Å². The highest BCUT2D eigenvalue weighted by Crippen LogP contribution is 2.34. The lowest BCUT2D eigenvalue weighted by molar-refractivity contribution is -0.224. The highest BCUT2D eigenvalue weighted by molar-refractivity contribution is 5.82. The third kappa shape index (κ3) is 1.59. The maximum Gasteiger partial charge on any atom is 0.329 e. The summed E-state index contributed by atoms with van der Waals surface area (Å²) in [6.45, 7) is 1.52. The molecule has 0 aromatic rings. The second kappa shape index (κ2) is 3.43. The number of nitrogens with zero attached hydrogens (tertiary/aromatic N) is 1. The van der Waals surface area contributed by atoms with Crippen LogP contribution >= 0.6 is 0 Å². The fourth-order valence-electron chi connectivity index (χ4n) is 1.56. The Hall–Kier alpha value is -0.750. The number of nitrogens with one attached hydrogen (secondary N) is 1. The number of halogens is 2. The number of ether oxygens (including phenoxy) is 1. The summed E-state index contributed by atoms with van der Waals surface area (Å²) >= 11 is 0. The first kappa shape index (κ1) is 9.79. The van der Waals surface area contributed by atoms with Crippen molar-refractivity contribution in [2.45, 2.75) is 18.6 Å². The van der Waals surface area contributed by atoms with Crippen LogP contribution in [0.4, 0.5) is 8.78 Å². The number of hydrogen-bond donors (Lipinski definition) is 1.